The lowest BCUT2D eigenvalue weighted by Crippen LogP contribution is -2.08. The van der Waals surface area contributed by atoms with Gasteiger partial charge in [-0.05, 0) is 42.3 Å². The van der Waals surface area contributed by atoms with E-state index in [9.17, 15) is 18.4 Å². The summed E-state index contributed by atoms with van der Waals surface area (Å²) in [7, 11) is 0. The van der Waals surface area contributed by atoms with Gasteiger partial charge in [0.05, 0.1) is 16.7 Å². The van der Waals surface area contributed by atoms with E-state index < -0.39 is 29.1 Å². The summed E-state index contributed by atoms with van der Waals surface area (Å²) in [6, 6.07) is 5.31. The maximum absolute atomic E-state index is 13.8. The molecule has 0 aromatic heterocycles. The van der Waals surface area contributed by atoms with Gasteiger partial charge in [0.25, 0.3) is 0 Å². The molecule has 0 saturated heterocycles. The minimum Gasteiger partial charge on any atom is -0.478 e. The molecule has 108 valence electrons. The number of aromatic carboxylic acids is 2. The summed E-state index contributed by atoms with van der Waals surface area (Å²) in [4.78, 5) is 22.3. The van der Waals surface area contributed by atoms with Gasteiger partial charge in [0, 0.05) is 0 Å². The third-order valence-electron chi connectivity index (χ3n) is 3.12. The molecule has 0 heterocycles. The minimum atomic E-state index is -1.37. The lowest BCUT2D eigenvalue weighted by Gasteiger charge is -2.11. The molecule has 0 atom stereocenters. The second-order valence-corrected chi connectivity index (χ2v) is 4.40. The van der Waals surface area contributed by atoms with Gasteiger partial charge in [0.2, 0.25) is 0 Å². The molecule has 0 aliphatic heterocycles. The van der Waals surface area contributed by atoms with Crippen LogP contribution >= 0.6 is 0 Å². The van der Waals surface area contributed by atoms with Crippen molar-refractivity contribution in [1.82, 2.24) is 0 Å². The Morgan fingerprint density at radius 2 is 1.38 bits per heavy atom. The van der Waals surface area contributed by atoms with Gasteiger partial charge >= 0.3 is 11.9 Å². The van der Waals surface area contributed by atoms with Gasteiger partial charge in [-0.3, -0.25) is 0 Å². The highest BCUT2D eigenvalue weighted by Crippen LogP contribution is 2.30. The maximum atomic E-state index is 13.8. The fourth-order valence-electron chi connectivity index (χ4n) is 2.08. The molecule has 0 saturated carbocycles. The van der Waals surface area contributed by atoms with Crippen LogP contribution in [-0.4, -0.2) is 22.2 Å². The number of benzene rings is 2. The Labute approximate surface area is 118 Å². The van der Waals surface area contributed by atoms with Crippen LogP contribution in [0.4, 0.5) is 8.78 Å². The number of carbonyl (C=O) groups is 2. The second-order valence-electron chi connectivity index (χ2n) is 4.40. The van der Waals surface area contributed by atoms with E-state index in [1.807, 2.05) is 0 Å². The van der Waals surface area contributed by atoms with Crippen molar-refractivity contribution in [3.63, 3.8) is 0 Å². The number of rotatable bonds is 3. The molecule has 0 unspecified atom stereocenters. The predicted octanol–water partition coefficient (Wildman–Crippen LogP) is 3.34. The summed E-state index contributed by atoms with van der Waals surface area (Å²) in [5, 5.41) is 18.2. The van der Waals surface area contributed by atoms with Crippen LogP contribution in [0.3, 0.4) is 0 Å². The first-order chi connectivity index (χ1) is 9.82. The molecular formula is C15H10F2O4. The molecule has 21 heavy (non-hydrogen) atoms. The Morgan fingerprint density at radius 3 is 1.76 bits per heavy atom. The van der Waals surface area contributed by atoms with E-state index in [1.165, 1.54) is 13.0 Å². The van der Waals surface area contributed by atoms with Crippen LogP contribution in [0.2, 0.25) is 0 Å². The second kappa shape index (κ2) is 5.32. The molecule has 2 rings (SSSR count). The van der Waals surface area contributed by atoms with Crippen LogP contribution in [0.25, 0.3) is 11.1 Å². The van der Waals surface area contributed by atoms with Crippen LogP contribution < -0.4 is 0 Å². The Hall–Kier alpha value is -2.76. The molecule has 2 N–H and O–H groups in total. The van der Waals surface area contributed by atoms with Crippen molar-refractivity contribution in [2.45, 2.75) is 6.92 Å². The highest BCUT2D eigenvalue weighted by Gasteiger charge is 2.20. The van der Waals surface area contributed by atoms with E-state index in [1.54, 1.807) is 0 Å². The Balaban J connectivity index is 2.82. The minimum absolute atomic E-state index is 0.0236. The molecule has 0 fully saturated rings. The van der Waals surface area contributed by atoms with Crippen LogP contribution in [-0.2, 0) is 0 Å². The lowest BCUT2D eigenvalue weighted by molar-refractivity contribution is 0.0696. The van der Waals surface area contributed by atoms with E-state index in [0.717, 1.165) is 24.3 Å². The zero-order valence-corrected chi connectivity index (χ0v) is 10.9. The van der Waals surface area contributed by atoms with Crippen LogP contribution in [0, 0.1) is 18.6 Å². The van der Waals surface area contributed by atoms with Gasteiger partial charge in [0.15, 0.2) is 0 Å². The van der Waals surface area contributed by atoms with E-state index in [4.69, 9.17) is 10.2 Å². The van der Waals surface area contributed by atoms with E-state index >= 15 is 0 Å². The Morgan fingerprint density at radius 1 is 0.952 bits per heavy atom. The Bertz CT molecular complexity index is 698. The van der Waals surface area contributed by atoms with Gasteiger partial charge in [-0.25, -0.2) is 18.4 Å². The predicted molar refractivity (Wildman–Crippen MR) is 70.4 cm³/mol. The topological polar surface area (TPSA) is 74.6 Å². The molecule has 0 aliphatic rings. The molecule has 4 nitrogen and oxygen atoms in total. The molecule has 0 radical (unpaired) electrons. The fraction of sp³-hybridized carbons (Fsp3) is 0.0667. The third-order valence-corrected chi connectivity index (χ3v) is 3.12. The van der Waals surface area contributed by atoms with Crippen LogP contribution in [0.15, 0.2) is 30.3 Å². The van der Waals surface area contributed by atoms with Gasteiger partial charge in [-0.15, -0.1) is 0 Å². The van der Waals surface area contributed by atoms with E-state index in [2.05, 4.69) is 0 Å². The summed E-state index contributed by atoms with van der Waals surface area (Å²) in [6.45, 7) is 1.33. The molecule has 2 aromatic rings. The summed E-state index contributed by atoms with van der Waals surface area (Å²) in [6.07, 6.45) is 0. The normalized spacial score (nSPS) is 10.4. The molecule has 0 amide bonds. The van der Waals surface area contributed by atoms with Crippen LogP contribution in [0.5, 0.6) is 0 Å². The molecule has 0 bridgehead atoms. The quantitative estimate of drug-likeness (QED) is 0.909. The summed E-state index contributed by atoms with van der Waals surface area (Å²) < 4.78 is 27.5. The SMILES string of the molecule is Cc1c(C(=O)O)cc(-c2c(F)cccc2F)cc1C(=O)O. The monoisotopic (exact) mass is 292 g/mol. The van der Waals surface area contributed by atoms with Gasteiger partial charge in [-0.2, -0.15) is 0 Å². The zero-order chi connectivity index (χ0) is 15.7. The Kier molecular flexibility index (Phi) is 3.71. The smallest absolute Gasteiger partial charge is 0.335 e. The largest absolute Gasteiger partial charge is 0.478 e. The summed E-state index contributed by atoms with van der Waals surface area (Å²) >= 11 is 0. The molecule has 2 aromatic carbocycles. The number of carboxylic acid groups (broad SMARTS) is 2. The van der Waals surface area contributed by atoms with Gasteiger partial charge < -0.3 is 10.2 Å². The van der Waals surface area contributed by atoms with Crippen molar-refractivity contribution in [2.75, 3.05) is 0 Å². The van der Waals surface area contributed by atoms with Crippen molar-refractivity contribution in [3.05, 3.63) is 58.7 Å². The first kappa shape index (κ1) is 14.6. The molecular weight excluding hydrogens is 282 g/mol. The van der Waals surface area contributed by atoms with Crippen molar-refractivity contribution in [1.29, 1.82) is 0 Å². The summed E-state index contributed by atoms with van der Waals surface area (Å²) in [5.74, 6) is -4.53. The molecule has 0 spiro atoms. The first-order valence-electron chi connectivity index (χ1n) is 5.88. The number of halogens is 2. The highest BCUT2D eigenvalue weighted by atomic mass is 19.1. The average molecular weight is 292 g/mol. The van der Waals surface area contributed by atoms with Gasteiger partial charge in [-0.1, -0.05) is 6.07 Å². The molecule has 0 aliphatic carbocycles. The number of carboxylic acids is 2. The van der Waals surface area contributed by atoms with Crippen molar-refractivity contribution in [3.8, 4) is 11.1 Å². The van der Waals surface area contributed by atoms with Crippen molar-refractivity contribution in [2.24, 2.45) is 0 Å². The number of hydrogen-bond donors (Lipinski definition) is 2. The first-order valence-corrected chi connectivity index (χ1v) is 5.88. The zero-order valence-electron chi connectivity index (χ0n) is 10.9. The van der Waals surface area contributed by atoms with E-state index in [-0.39, 0.29) is 22.3 Å². The number of hydrogen-bond acceptors (Lipinski definition) is 2. The average Bonchev–Trinajstić information content (AvgIpc) is 2.39. The van der Waals surface area contributed by atoms with Crippen LogP contribution in [0.1, 0.15) is 26.3 Å². The highest BCUT2D eigenvalue weighted by molar-refractivity contribution is 5.98. The third kappa shape index (κ3) is 2.60. The molecule has 6 heteroatoms. The maximum Gasteiger partial charge on any atom is 0.335 e. The summed E-state index contributed by atoms with van der Waals surface area (Å²) in [5.41, 5.74) is -1.19. The van der Waals surface area contributed by atoms with E-state index in [0.29, 0.717) is 0 Å². The lowest BCUT2D eigenvalue weighted by atomic mass is 9.94. The fourth-order valence-corrected chi connectivity index (χ4v) is 2.08. The van der Waals surface area contributed by atoms with Gasteiger partial charge in [0.1, 0.15) is 11.6 Å². The van der Waals surface area contributed by atoms with Crippen molar-refractivity contribution >= 4 is 11.9 Å². The van der Waals surface area contributed by atoms with Crippen molar-refractivity contribution < 1.29 is 28.6 Å². The standard InChI is InChI=1S/C15H10F2O4/c1-7-9(14(18)19)5-8(6-10(7)15(20)21)13-11(16)3-2-4-12(13)17/h2-6H,1H3,(H,18,19)(H,20,21).